The van der Waals surface area contributed by atoms with Gasteiger partial charge in [0, 0.05) is 26.1 Å². The molecule has 0 radical (unpaired) electrons. The summed E-state index contributed by atoms with van der Waals surface area (Å²) in [6.07, 6.45) is 3.65. The number of carbonyl (C=O) groups excluding carboxylic acids is 2. The highest BCUT2D eigenvalue weighted by atomic mass is 16.2. The summed E-state index contributed by atoms with van der Waals surface area (Å²) in [7, 11) is 3.23. The van der Waals surface area contributed by atoms with Crippen LogP contribution in [0.5, 0.6) is 0 Å². The number of carbonyl (C=O) groups is 2. The molecule has 0 spiro atoms. The highest BCUT2D eigenvalue weighted by Gasteiger charge is 2.27. The van der Waals surface area contributed by atoms with Gasteiger partial charge in [-0.2, -0.15) is 0 Å². The van der Waals surface area contributed by atoms with Gasteiger partial charge in [-0.15, -0.1) is 0 Å². The number of hydrogen-bond donors (Lipinski definition) is 2. The Morgan fingerprint density at radius 3 is 2.69 bits per heavy atom. The smallest absolute Gasteiger partial charge is 0.239 e. The fourth-order valence-corrected chi connectivity index (χ4v) is 2.14. The molecule has 0 aromatic carbocycles. The summed E-state index contributed by atoms with van der Waals surface area (Å²) in [4.78, 5) is 24.6. The zero-order valence-electron chi connectivity index (χ0n) is 10.0. The van der Waals surface area contributed by atoms with Crippen LogP contribution < -0.4 is 11.1 Å². The molecule has 2 atom stereocenters. The van der Waals surface area contributed by atoms with Crippen molar-refractivity contribution >= 4 is 11.8 Å². The standard InChI is InChI=1S/C11H21N3O2/c1-13-10(15)7-14(2)11(16)8-4-3-5-9(12)6-8/h8-9H,3-7,12H2,1-2H3,(H,13,15). The lowest BCUT2D eigenvalue weighted by atomic mass is 9.85. The summed E-state index contributed by atoms with van der Waals surface area (Å²) in [5.41, 5.74) is 5.84. The minimum Gasteiger partial charge on any atom is -0.358 e. The number of rotatable bonds is 3. The lowest BCUT2D eigenvalue weighted by Gasteiger charge is -2.29. The average molecular weight is 227 g/mol. The van der Waals surface area contributed by atoms with E-state index in [1.165, 1.54) is 4.90 Å². The van der Waals surface area contributed by atoms with Crippen molar-refractivity contribution in [1.29, 1.82) is 0 Å². The zero-order chi connectivity index (χ0) is 12.1. The van der Waals surface area contributed by atoms with Crippen molar-refractivity contribution in [3.63, 3.8) is 0 Å². The van der Waals surface area contributed by atoms with Gasteiger partial charge in [0.2, 0.25) is 11.8 Å². The topological polar surface area (TPSA) is 75.4 Å². The summed E-state index contributed by atoms with van der Waals surface area (Å²) in [5, 5.41) is 2.50. The molecule has 3 N–H and O–H groups in total. The Kier molecular flexibility index (Phi) is 4.73. The molecule has 5 heteroatoms. The zero-order valence-corrected chi connectivity index (χ0v) is 10.0. The molecule has 2 amide bonds. The van der Waals surface area contributed by atoms with E-state index in [1.807, 2.05) is 0 Å². The van der Waals surface area contributed by atoms with Crippen molar-refractivity contribution in [2.75, 3.05) is 20.6 Å². The summed E-state index contributed by atoms with van der Waals surface area (Å²) < 4.78 is 0. The Labute approximate surface area is 96.4 Å². The number of likely N-dealkylation sites (N-methyl/N-ethyl adjacent to an activating group) is 2. The monoisotopic (exact) mass is 227 g/mol. The quantitative estimate of drug-likeness (QED) is 0.695. The van der Waals surface area contributed by atoms with E-state index in [2.05, 4.69) is 5.32 Å². The second-order valence-corrected chi connectivity index (χ2v) is 4.49. The minimum atomic E-state index is -0.143. The van der Waals surface area contributed by atoms with Crippen LogP contribution in [0.3, 0.4) is 0 Å². The Bertz CT molecular complexity index is 268. The van der Waals surface area contributed by atoms with Crippen molar-refractivity contribution in [3.8, 4) is 0 Å². The van der Waals surface area contributed by atoms with Crippen LogP contribution in [0.2, 0.25) is 0 Å². The van der Waals surface area contributed by atoms with Crippen molar-refractivity contribution < 1.29 is 9.59 Å². The minimum absolute atomic E-state index is 0.00148. The van der Waals surface area contributed by atoms with Crippen LogP contribution in [-0.2, 0) is 9.59 Å². The average Bonchev–Trinajstić information content (AvgIpc) is 2.27. The summed E-state index contributed by atoms with van der Waals surface area (Å²) in [6, 6.07) is 0.135. The molecule has 16 heavy (non-hydrogen) atoms. The van der Waals surface area contributed by atoms with Crippen molar-refractivity contribution in [2.45, 2.75) is 31.7 Å². The highest BCUT2D eigenvalue weighted by Crippen LogP contribution is 2.24. The highest BCUT2D eigenvalue weighted by molar-refractivity contribution is 5.85. The molecule has 0 aromatic heterocycles. The first-order valence-electron chi connectivity index (χ1n) is 5.75. The van der Waals surface area contributed by atoms with Gasteiger partial charge in [-0.1, -0.05) is 6.42 Å². The van der Waals surface area contributed by atoms with Crippen molar-refractivity contribution in [2.24, 2.45) is 11.7 Å². The molecule has 1 fully saturated rings. The van der Waals surface area contributed by atoms with Crippen LogP contribution in [-0.4, -0.2) is 43.4 Å². The third-order valence-corrected chi connectivity index (χ3v) is 3.10. The van der Waals surface area contributed by atoms with E-state index >= 15 is 0 Å². The predicted molar refractivity (Wildman–Crippen MR) is 61.6 cm³/mol. The molecule has 5 nitrogen and oxygen atoms in total. The number of amides is 2. The molecular weight excluding hydrogens is 206 g/mol. The van der Waals surface area contributed by atoms with Crippen LogP contribution in [0.1, 0.15) is 25.7 Å². The second-order valence-electron chi connectivity index (χ2n) is 4.49. The molecule has 0 heterocycles. The first-order valence-corrected chi connectivity index (χ1v) is 5.75. The molecule has 1 saturated carbocycles. The van der Waals surface area contributed by atoms with E-state index < -0.39 is 0 Å². The van der Waals surface area contributed by atoms with Gasteiger partial charge in [0.25, 0.3) is 0 Å². The molecule has 0 bridgehead atoms. The molecule has 92 valence electrons. The Morgan fingerprint density at radius 1 is 1.44 bits per heavy atom. The fraction of sp³-hybridized carbons (Fsp3) is 0.818. The van der Waals surface area contributed by atoms with Crippen LogP contribution in [0.4, 0.5) is 0 Å². The van der Waals surface area contributed by atoms with Crippen molar-refractivity contribution in [1.82, 2.24) is 10.2 Å². The molecule has 1 aliphatic rings. The van der Waals surface area contributed by atoms with E-state index in [0.717, 1.165) is 25.7 Å². The molecule has 1 rings (SSSR count). The Morgan fingerprint density at radius 2 is 2.12 bits per heavy atom. The summed E-state index contributed by atoms with van der Waals surface area (Å²) >= 11 is 0. The molecular formula is C11H21N3O2. The van der Waals surface area contributed by atoms with E-state index in [9.17, 15) is 9.59 Å². The molecule has 1 aliphatic carbocycles. The van der Waals surface area contributed by atoms with Gasteiger partial charge in [0.1, 0.15) is 0 Å². The summed E-state index contributed by atoms with van der Waals surface area (Å²) in [5.74, 6) is -0.104. The van der Waals surface area contributed by atoms with Crippen LogP contribution in [0.25, 0.3) is 0 Å². The normalized spacial score (nSPS) is 24.9. The van der Waals surface area contributed by atoms with Gasteiger partial charge in [0.15, 0.2) is 0 Å². The first-order chi connectivity index (χ1) is 7.54. The second kappa shape index (κ2) is 5.84. The molecule has 2 unspecified atom stereocenters. The maximum atomic E-state index is 12.0. The van der Waals surface area contributed by atoms with Gasteiger partial charge < -0.3 is 16.0 Å². The Hall–Kier alpha value is -1.10. The maximum Gasteiger partial charge on any atom is 0.239 e. The van der Waals surface area contributed by atoms with E-state index in [-0.39, 0.29) is 30.3 Å². The van der Waals surface area contributed by atoms with Crippen LogP contribution in [0.15, 0.2) is 0 Å². The third kappa shape index (κ3) is 3.48. The SMILES string of the molecule is CNC(=O)CN(C)C(=O)C1CCCC(N)C1. The molecule has 0 aromatic rings. The van der Waals surface area contributed by atoms with Gasteiger partial charge in [-0.25, -0.2) is 0 Å². The predicted octanol–water partition coefficient (Wildman–Crippen LogP) is -0.292. The number of nitrogens with zero attached hydrogens (tertiary/aromatic N) is 1. The van der Waals surface area contributed by atoms with Crippen molar-refractivity contribution in [3.05, 3.63) is 0 Å². The lowest BCUT2D eigenvalue weighted by Crippen LogP contribution is -2.42. The van der Waals surface area contributed by atoms with Gasteiger partial charge in [0.05, 0.1) is 6.54 Å². The van der Waals surface area contributed by atoms with Crippen LogP contribution in [0, 0.1) is 5.92 Å². The summed E-state index contributed by atoms with van der Waals surface area (Å²) in [6.45, 7) is 0.126. The molecule has 0 saturated heterocycles. The van der Waals surface area contributed by atoms with Gasteiger partial charge >= 0.3 is 0 Å². The van der Waals surface area contributed by atoms with E-state index in [4.69, 9.17) is 5.73 Å². The molecule has 0 aliphatic heterocycles. The largest absolute Gasteiger partial charge is 0.358 e. The maximum absolute atomic E-state index is 12.0. The Balaban J connectivity index is 2.46. The lowest BCUT2D eigenvalue weighted by molar-refractivity contribution is -0.138. The number of nitrogens with one attached hydrogen (secondary N) is 1. The van der Waals surface area contributed by atoms with Gasteiger partial charge in [-0.3, -0.25) is 9.59 Å². The van der Waals surface area contributed by atoms with Crippen LogP contribution >= 0.6 is 0 Å². The number of nitrogens with two attached hydrogens (primary N) is 1. The number of hydrogen-bond acceptors (Lipinski definition) is 3. The van der Waals surface area contributed by atoms with E-state index in [0.29, 0.717) is 0 Å². The van der Waals surface area contributed by atoms with Gasteiger partial charge in [-0.05, 0) is 19.3 Å². The third-order valence-electron chi connectivity index (χ3n) is 3.10. The fourth-order valence-electron chi connectivity index (χ4n) is 2.14. The van der Waals surface area contributed by atoms with E-state index in [1.54, 1.807) is 14.1 Å². The first kappa shape index (κ1) is 13.0.